The van der Waals surface area contributed by atoms with Crippen molar-refractivity contribution in [1.29, 1.82) is 0 Å². The van der Waals surface area contributed by atoms with E-state index in [1.165, 1.54) is 4.57 Å². The number of benzene rings is 3. The lowest BCUT2D eigenvalue weighted by Gasteiger charge is -2.13. The molecule has 0 spiro atoms. The largest absolute Gasteiger partial charge is 0.481 e. The average Bonchev–Trinajstić information content (AvgIpc) is 3.64. The van der Waals surface area contributed by atoms with Crippen LogP contribution in [0, 0.1) is 0 Å². The van der Waals surface area contributed by atoms with Crippen LogP contribution in [0.15, 0.2) is 83.7 Å². The van der Waals surface area contributed by atoms with Crippen molar-refractivity contribution in [2.45, 2.75) is 45.2 Å². The molecule has 41 heavy (non-hydrogen) atoms. The predicted octanol–water partition coefficient (Wildman–Crippen LogP) is 4.18. The number of hydrogen-bond donors (Lipinski definition) is 2. The van der Waals surface area contributed by atoms with Crippen LogP contribution in [0.5, 0.6) is 0 Å². The highest BCUT2D eigenvalue weighted by molar-refractivity contribution is 6.00. The van der Waals surface area contributed by atoms with Crippen molar-refractivity contribution in [3.63, 3.8) is 0 Å². The van der Waals surface area contributed by atoms with Gasteiger partial charge in [-0.05, 0) is 28.3 Å². The number of aryl methyl sites for hydroxylation is 1. The number of H-pyrrole nitrogens is 1. The first-order chi connectivity index (χ1) is 20.0. The molecule has 2 N–H and O–H groups in total. The van der Waals surface area contributed by atoms with E-state index in [4.69, 9.17) is 0 Å². The van der Waals surface area contributed by atoms with Gasteiger partial charge in [0.05, 0.1) is 13.0 Å². The summed E-state index contributed by atoms with van der Waals surface area (Å²) in [6.45, 7) is 2.26. The molecule has 0 fully saturated rings. The van der Waals surface area contributed by atoms with Gasteiger partial charge in [0, 0.05) is 17.5 Å². The average molecular weight is 552 g/mol. The molecular weight excluding hydrogens is 522 g/mol. The number of aromatic nitrogens is 7. The summed E-state index contributed by atoms with van der Waals surface area (Å²) in [4.78, 5) is 38.7. The Kier molecular flexibility index (Phi) is 8.23. The molecule has 5 aromatic rings. The highest BCUT2D eigenvalue weighted by atomic mass is 16.4. The Morgan fingerprint density at radius 1 is 0.951 bits per heavy atom. The second-order valence-electron chi connectivity index (χ2n) is 9.65. The molecule has 11 heteroatoms. The summed E-state index contributed by atoms with van der Waals surface area (Å²) in [5, 5.41) is 28.4. The smallest absolute Gasteiger partial charge is 0.346 e. The van der Waals surface area contributed by atoms with E-state index >= 15 is 0 Å². The van der Waals surface area contributed by atoms with Gasteiger partial charge in [0.1, 0.15) is 11.9 Å². The maximum Gasteiger partial charge on any atom is 0.346 e. The van der Waals surface area contributed by atoms with Crippen molar-refractivity contribution in [1.82, 2.24) is 35.0 Å². The Hall–Kier alpha value is -5.19. The van der Waals surface area contributed by atoms with Crippen LogP contribution in [-0.2, 0) is 17.8 Å². The third-order valence-electron chi connectivity index (χ3n) is 6.86. The second kappa shape index (κ2) is 12.3. The van der Waals surface area contributed by atoms with Crippen molar-refractivity contribution in [3.8, 4) is 22.5 Å². The Morgan fingerprint density at radius 2 is 1.66 bits per heavy atom. The zero-order valence-corrected chi connectivity index (χ0v) is 22.5. The second-order valence-corrected chi connectivity index (χ2v) is 9.65. The third-order valence-corrected chi connectivity index (χ3v) is 6.86. The van der Waals surface area contributed by atoms with Crippen LogP contribution < -0.4 is 5.69 Å². The van der Waals surface area contributed by atoms with Crippen LogP contribution in [0.4, 0.5) is 0 Å². The van der Waals surface area contributed by atoms with E-state index in [-0.39, 0.29) is 6.54 Å². The number of tetrazole rings is 1. The number of nitrogens with zero attached hydrogens (tertiary/aromatic N) is 6. The molecule has 0 bridgehead atoms. The number of unbranched alkanes of at least 4 members (excludes halogenated alkanes) is 1. The molecule has 0 aliphatic heterocycles. The van der Waals surface area contributed by atoms with Gasteiger partial charge < -0.3 is 5.11 Å². The number of aliphatic carboxylic acids is 1. The molecule has 5 rings (SSSR count). The normalized spacial score (nSPS) is 11.8. The molecule has 0 aliphatic rings. The molecular formula is C30H29N7O4. The van der Waals surface area contributed by atoms with Crippen molar-refractivity contribution >= 4 is 11.8 Å². The van der Waals surface area contributed by atoms with Gasteiger partial charge in [0.2, 0.25) is 5.82 Å². The SMILES string of the molecule is CCCCc1nn(C(CC(=O)O)C(=O)c2ccccc2)c(=O)n1Cc1ccc(-c2ccccc2-c2nn[nH]n2)cc1. The van der Waals surface area contributed by atoms with Gasteiger partial charge in [-0.25, -0.2) is 9.48 Å². The molecule has 1 unspecified atom stereocenters. The fourth-order valence-corrected chi connectivity index (χ4v) is 4.77. The first kappa shape index (κ1) is 27.4. The molecule has 1 atom stereocenters. The number of carbonyl (C=O) groups is 2. The van der Waals surface area contributed by atoms with Gasteiger partial charge in [-0.15, -0.1) is 10.2 Å². The van der Waals surface area contributed by atoms with Crippen molar-refractivity contribution in [3.05, 3.63) is 106 Å². The lowest BCUT2D eigenvalue weighted by molar-refractivity contribution is -0.137. The summed E-state index contributed by atoms with van der Waals surface area (Å²) in [7, 11) is 0. The number of rotatable bonds is 12. The Balaban J connectivity index is 1.48. The lowest BCUT2D eigenvalue weighted by atomic mass is 9.98. The summed E-state index contributed by atoms with van der Waals surface area (Å²) < 4.78 is 2.58. The lowest BCUT2D eigenvalue weighted by Crippen LogP contribution is -2.34. The van der Waals surface area contributed by atoms with Crippen molar-refractivity contribution in [2.24, 2.45) is 0 Å². The van der Waals surface area contributed by atoms with E-state index in [2.05, 4.69) is 25.7 Å². The fraction of sp³-hybridized carbons (Fsp3) is 0.233. The Labute approximate surface area is 235 Å². The van der Waals surface area contributed by atoms with Gasteiger partial charge in [-0.2, -0.15) is 10.3 Å². The molecule has 0 aliphatic carbocycles. The topological polar surface area (TPSA) is 149 Å². The number of ketones is 1. The van der Waals surface area contributed by atoms with Crippen molar-refractivity contribution < 1.29 is 14.7 Å². The molecule has 0 saturated carbocycles. The highest BCUT2D eigenvalue weighted by Crippen LogP contribution is 2.30. The number of hydrogen-bond acceptors (Lipinski definition) is 7. The first-order valence-corrected chi connectivity index (χ1v) is 13.4. The maximum atomic E-state index is 13.7. The van der Waals surface area contributed by atoms with E-state index < -0.39 is 29.9 Å². The molecule has 0 radical (unpaired) electrons. The number of Topliss-reactive ketones (excluding diaryl/α,β-unsaturated/α-hetero) is 1. The zero-order valence-electron chi connectivity index (χ0n) is 22.5. The number of carbonyl (C=O) groups excluding carboxylic acids is 1. The van der Waals surface area contributed by atoms with E-state index in [0.29, 0.717) is 23.6 Å². The van der Waals surface area contributed by atoms with Gasteiger partial charge >= 0.3 is 11.7 Å². The molecule has 0 amide bonds. The van der Waals surface area contributed by atoms with Crippen LogP contribution >= 0.6 is 0 Å². The van der Waals surface area contributed by atoms with Crippen LogP contribution in [-0.4, -0.2) is 51.8 Å². The molecule has 2 aromatic heterocycles. The van der Waals surface area contributed by atoms with E-state index in [9.17, 15) is 19.5 Å². The molecule has 11 nitrogen and oxygen atoms in total. The highest BCUT2D eigenvalue weighted by Gasteiger charge is 2.29. The Morgan fingerprint density at radius 3 is 2.32 bits per heavy atom. The molecule has 208 valence electrons. The van der Waals surface area contributed by atoms with Crippen LogP contribution in [0.1, 0.15) is 54.0 Å². The summed E-state index contributed by atoms with van der Waals surface area (Å²) in [5.41, 5.74) is 3.38. The zero-order chi connectivity index (χ0) is 28.8. The number of nitrogens with one attached hydrogen (secondary N) is 1. The van der Waals surface area contributed by atoms with Crippen molar-refractivity contribution in [2.75, 3.05) is 0 Å². The molecule has 0 saturated heterocycles. The minimum atomic E-state index is -1.26. The molecule has 2 heterocycles. The minimum Gasteiger partial charge on any atom is -0.481 e. The monoisotopic (exact) mass is 551 g/mol. The van der Waals surface area contributed by atoms with Gasteiger partial charge in [0.25, 0.3) is 0 Å². The van der Waals surface area contributed by atoms with E-state index in [1.54, 1.807) is 30.3 Å². The quantitative estimate of drug-likeness (QED) is 0.219. The Bertz CT molecular complexity index is 1690. The standard InChI is InChI=1S/C30H29N7O4/c1-2-3-13-26-33-37(25(18-27(38)39)28(40)22-9-5-4-6-10-22)30(41)36(26)19-20-14-16-21(17-15-20)23-11-7-8-12-24(23)29-31-34-35-32-29/h4-12,14-17,25H,2-3,13,18-19H2,1H3,(H,38,39)(H,31,32,34,35). The van der Waals surface area contributed by atoms with E-state index in [1.807, 2.05) is 55.5 Å². The minimum absolute atomic E-state index is 0.226. The van der Waals surface area contributed by atoms with Crippen LogP contribution in [0.25, 0.3) is 22.5 Å². The fourth-order valence-electron chi connectivity index (χ4n) is 4.77. The molecule has 3 aromatic carbocycles. The first-order valence-electron chi connectivity index (χ1n) is 13.4. The number of aromatic amines is 1. The van der Waals surface area contributed by atoms with Crippen LogP contribution in [0.2, 0.25) is 0 Å². The summed E-state index contributed by atoms with van der Waals surface area (Å²) in [5.74, 6) is -0.649. The van der Waals surface area contributed by atoms with Gasteiger partial charge in [-0.3, -0.25) is 14.2 Å². The number of carboxylic acids is 1. The number of carboxylic acid groups (broad SMARTS) is 1. The third kappa shape index (κ3) is 6.03. The summed E-state index contributed by atoms with van der Waals surface area (Å²) in [6, 6.07) is 22.6. The van der Waals surface area contributed by atoms with E-state index in [0.717, 1.165) is 39.8 Å². The maximum absolute atomic E-state index is 13.7. The summed E-state index contributed by atoms with van der Waals surface area (Å²) in [6.07, 6.45) is 1.65. The predicted molar refractivity (Wildman–Crippen MR) is 151 cm³/mol. The summed E-state index contributed by atoms with van der Waals surface area (Å²) >= 11 is 0. The van der Waals surface area contributed by atoms with Gasteiger partial charge in [0.15, 0.2) is 5.78 Å². The van der Waals surface area contributed by atoms with Crippen LogP contribution in [0.3, 0.4) is 0 Å². The van der Waals surface area contributed by atoms with Gasteiger partial charge in [-0.1, -0.05) is 92.2 Å².